The number of halogens is 4. The first kappa shape index (κ1) is 94.6. The summed E-state index contributed by atoms with van der Waals surface area (Å²) in [6.07, 6.45) is 23.9. The Hall–Kier alpha value is -16.1. The Bertz CT molecular complexity index is 6530. The molecule has 0 aromatic carbocycles. The SMILES string of the molecule is C#Cc1ccc(CC(=O)c2cc(Oc3ccc(C)nc3)cc(C)n2)nc1.CCc1cc(Oc2cncc(F)c2)cc(C(=O)Cc2cc(F)ccn2)n1.CCc1cc(Oc2cncc(F)c2)cc(C(=O)Cc2ccc(C)cn2)n1.CCc1cccc(CC(=O)c2cc(Oc3cncc(F)c3)cc(CC)n2)n1.Cc1ccc(Oc2cc(C)nc(C(=O)Cc3cccc(C)n3)c2)cn1. The highest BCUT2D eigenvalue weighted by Gasteiger charge is 2.21. The third-order valence-corrected chi connectivity index (χ3v) is 18.5. The minimum Gasteiger partial charge on any atom is -0.456 e. The average Bonchev–Trinajstić information content (AvgIpc) is 0.846. The van der Waals surface area contributed by atoms with E-state index in [0.29, 0.717) is 128 Å². The monoisotopic (exact) mass is 1750 g/mol. The molecule has 0 unspecified atom stereocenters. The standard InChI is InChI=1S/C21H20FN3O2.C21H17N3O2.C20H18FN3O2.C20H19N3O2.C19H15F2N3O2/c1-3-15-6-5-7-17(24-15)10-21(26)20-11-18(9-16(4-2)25-20)27-19-8-14(22)12-23-13-19;1-4-16-6-7-17(23-12-16)10-21(25)20-11-19(9-15(3)24-20)26-18-8-5-14(2)22-13-18;1-3-15-7-17(26-18-6-14(21)11-22-12-18)9-19(24-15)20(25)8-16-5-4-13(2)10-23-16;1-13-7-8-17(12-21-13)25-18-9-15(3)23-19(11-18)20(24)10-16-6-4-5-14(2)22-16;1-2-14-7-16(26-17-6-13(21)10-22-11-17)9-18(24-14)19(25)8-15-5-12(20)3-4-23-15/h5-9,11-13H,3-4,10H2,1-2H3;1,5-9,11-13H,10H2,2-3H3;4-7,9-12H,3,8H2,1-2H3;4-9,11-12H,10H2,1-3H3;3-7,9-11H,2,8H2,1H3. The molecule has 15 heterocycles. The number of aryl methyl sites for hydroxylation is 10. The summed E-state index contributed by atoms with van der Waals surface area (Å²) >= 11 is 0. The Kier molecular flexibility index (Phi) is 34.0. The van der Waals surface area contributed by atoms with Gasteiger partial charge in [0.25, 0.3) is 0 Å². The number of nitrogens with zero attached hydrogens (tertiary/aromatic N) is 15. The molecule has 0 amide bonds. The summed E-state index contributed by atoms with van der Waals surface area (Å²) in [6, 6.07) is 48.6. The summed E-state index contributed by atoms with van der Waals surface area (Å²) in [4.78, 5) is 126. The van der Waals surface area contributed by atoms with Gasteiger partial charge in [-0.2, -0.15) is 0 Å². The molecule has 0 radical (unpaired) electrons. The summed E-state index contributed by atoms with van der Waals surface area (Å²) in [7, 11) is 0. The van der Waals surface area contributed by atoms with Gasteiger partial charge in [0, 0.05) is 177 Å². The van der Waals surface area contributed by atoms with Crippen LogP contribution < -0.4 is 23.7 Å². The van der Waals surface area contributed by atoms with Crippen LogP contribution in [0.4, 0.5) is 17.6 Å². The van der Waals surface area contributed by atoms with E-state index < -0.39 is 23.3 Å². The predicted octanol–water partition coefficient (Wildman–Crippen LogP) is 20.1. The Labute approximate surface area is 748 Å². The Morgan fingerprint density at radius 1 is 0.277 bits per heavy atom. The van der Waals surface area contributed by atoms with Gasteiger partial charge in [-0.3, -0.25) is 73.8 Å². The number of ether oxygens (including phenoxy) is 5. The number of carbonyl (C=O) groups excluding carboxylic acids is 5. The Balaban J connectivity index is 0.000000157. The Morgan fingerprint density at radius 2 is 0.654 bits per heavy atom. The fourth-order valence-corrected chi connectivity index (χ4v) is 12.1. The molecular formula is C101H89F4N15O10. The van der Waals surface area contributed by atoms with Gasteiger partial charge in [0.15, 0.2) is 28.9 Å². The fourth-order valence-electron chi connectivity index (χ4n) is 12.1. The van der Waals surface area contributed by atoms with Crippen molar-refractivity contribution in [2.45, 2.75) is 127 Å². The van der Waals surface area contributed by atoms with Crippen molar-refractivity contribution in [2.24, 2.45) is 0 Å². The molecule has 0 N–H and O–H groups in total. The molecule has 130 heavy (non-hydrogen) atoms. The first-order chi connectivity index (χ1) is 62.6. The van der Waals surface area contributed by atoms with Gasteiger partial charge in [0.1, 0.15) is 109 Å². The third kappa shape index (κ3) is 30.1. The summed E-state index contributed by atoms with van der Waals surface area (Å²) in [5.41, 5.74) is 13.4. The maximum absolute atomic E-state index is 13.3. The van der Waals surface area contributed by atoms with Gasteiger partial charge in [-0.25, -0.2) is 42.5 Å². The van der Waals surface area contributed by atoms with E-state index >= 15 is 0 Å². The number of pyridine rings is 15. The van der Waals surface area contributed by atoms with Crippen LogP contribution in [0.15, 0.2) is 244 Å². The maximum Gasteiger partial charge on any atom is 0.187 e. The van der Waals surface area contributed by atoms with E-state index in [1.807, 2.05) is 142 Å². The minimum absolute atomic E-state index is 0.0844. The van der Waals surface area contributed by atoms with Crippen LogP contribution in [0.25, 0.3) is 0 Å². The molecule has 0 saturated carbocycles. The molecule has 15 aromatic heterocycles. The van der Waals surface area contributed by atoms with Gasteiger partial charge < -0.3 is 23.7 Å². The number of rotatable bonds is 29. The molecule has 0 aliphatic carbocycles. The van der Waals surface area contributed by atoms with E-state index in [9.17, 15) is 41.5 Å². The maximum atomic E-state index is 13.3. The molecule has 0 atom stereocenters. The lowest BCUT2D eigenvalue weighted by Crippen LogP contribution is -2.09. The van der Waals surface area contributed by atoms with E-state index in [0.717, 1.165) is 70.4 Å². The molecule has 25 nitrogen and oxygen atoms in total. The molecule has 0 aliphatic rings. The van der Waals surface area contributed by atoms with Crippen LogP contribution in [-0.2, 0) is 57.8 Å². The van der Waals surface area contributed by atoms with E-state index in [4.69, 9.17) is 30.1 Å². The second kappa shape index (κ2) is 46.7. The van der Waals surface area contributed by atoms with E-state index in [1.54, 1.807) is 91.5 Å². The van der Waals surface area contributed by atoms with E-state index in [-0.39, 0.29) is 84.0 Å². The van der Waals surface area contributed by atoms with Crippen LogP contribution in [0.2, 0.25) is 0 Å². The van der Waals surface area contributed by atoms with Crippen molar-refractivity contribution in [1.29, 1.82) is 0 Å². The van der Waals surface area contributed by atoms with Crippen molar-refractivity contribution in [3.05, 3.63) is 387 Å². The summed E-state index contributed by atoms with van der Waals surface area (Å²) in [5, 5.41) is 0. The zero-order valence-electron chi connectivity index (χ0n) is 72.8. The molecule has 0 spiro atoms. The van der Waals surface area contributed by atoms with Crippen molar-refractivity contribution in [1.82, 2.24) is 74.8 Å². The van der Waals surface area contributed by atoms with Crippen molar-refractivity contribution >= 4 is 28.9 Å². The molecule has 0 bridgehead atoms. The van der Waals surface area contributed by atoms with Crippen LogP contribution >= 0.6 is 0 Å². The van der Waals surface area contributed by atoms with Gasteiger partial charge in [0.2, 0.25) is 0 Å². The molecule has 656 valence electrons. The molecule has 15 aromatic rings. The number of aromatic nitrogens is 15. The molecule has 15 rings (SSSR count). The zero-order valence-corrected chi connectivity index (χ0v) is 72.8. The van der Waals surface area contributed by atoms with Gasteiger partial charge in [-0.15, -0.1) is 6.42 Å². The van der Waals surface area contributed by atoms with Crippen molar-refractivity contribution in [3.63, 3.8) is 0 Å². The highest BCUT2D eigenvalue weighted by Crippen LogP contribution is 2.30. The van der Waals surface area contributed by atoms with Crippen molar-refractivity contribution in [2.75, 3.05) is 0 Å². The van der Waals surface area contributed by atoms with Crippen LogP contribution in [0.3, 0.4) is 0 Å². The Morgan fingerprint density at radius 3 is 1.02 bits per heavy atom. The molecule has 29 heteroatoms. The van der Waals surface area contributed by atoms with Gasteiger partial charge in [-0.05, 0) is 152 Å². The fraction of sp³-hybridized carbons (Fsp3) is 0.188. The summed E-state index contributed by atoms with van der Waals surface area (Å²) in [5.74, 6) is 3.95. The molecule has 0 aliphatic heterocycles. The van der Waals surface area contributed by atoms with Gasteiger partial charge >= 0.3 is 0 Å². The highest BCUT2D eigenvalue weighted by atomic mass is 19.1. The van der Waals surface area contributed by atoms with E-state index in [1.165, 1.54) is 61.2 Å². The van der Waals surface area contributed by atoms with Gasteiger partial charge in [-0.1, -0.05) is 51.8 Å². The lowest BCUT2D eigenvalue weighted by molar-refractivity contribution is 0.0978. The lowest BCUT2D eigenvalue weighted by atomic mass is 10.1. The van der Waals surface area contributed by atoms with Crippen LogP contribution in [0, 0.1) is 77.2 Å². The number of hydrogen-bond donors (Lipinski definition) is 0. The van der Waals surface area contributed by atoms with Gasteiger partial charge in [0.05, 0.1) is 87.4 Å². The second-order valence-corrected chi connectivity index (χ2v) is 29.3. The topological polar surface area (TPSA) is 325 Å². The number of carbonyl (C=O) groups is 5. The normalized spacial score (nSPS) is 10.5. The third-order valence-electron chi connectivity index (χ3n) is 18.5. The van der Waals surface area contributed by atoms with Crippen molar-refractivity contribution < 1.29 is 65.2 Å². The quantitative estimate of drug-likeness (QED) is 0.0239. The number of ketones is 5. The van der Waals surface area contributed by atoms with Crippen molar-refractivity contribution in [3.8, 4) is 69.8 Å². The summed E-state index contributed by atoms with van der Waals surface area (Å²) < 4.78 is 81.6. The number of Topliss-reactive ketones (excluding diaryl/α,β-unsaturated/α-hetero) is 5. The first-order valence-corrected chi connectivity index (χ1v) is 41.2. The van der Waals surface area contributed by atoms with E-state index in [2.05, 4.69) is 80.7 Å². The van der Waals surface area contributed by atoms with Crippen LogP contribution in [0.5, 0.6) is 57.5 Å². The molecular weight excluding hydrogens is 1660 g/mol. The minimum atomic E-state index is -0.527. The number of terminal acetylenes is 1. The summed E-state index contributed by atoms with van der Waals surface area (Å²) in [6.45, 7) is 19.1. The highest BCUT2D eigenvalue weighted by molar-refractivity contribution is 5.98. The molecule has 0 saturated heterocycles. The predicted molar refractivity (Wildman–Crippen MR) is 478 cm³/mol. The largest absolute Gasteiger partial charge is 0.456 e. The lowest BCUT2D eigenvalue weighted by Gasteiger charge is -2.09. The van der Waals surface area contributed by atoms with Crippen LogP contribution in [-0.4, -0.2) is 104 Å². The first-order valence-electron chi connectivity index (χ1n) is 41.2. The smallest absolute Gasteiger partial charge is 0.187 e. The number of hydrogen-bond acceptors (Lipinski definition) is 25. The molecule has 0 fully saturated rings. The zero-order chi connectivity index (χ0) is 92.6. The second-order valence-electron chi connectivity index (χ2n) is 29.3. The van der Waals surface area contributed by atoms with Crippen LogP contribution in [0.1, 0.15) is 171 Å². The average molecular weight is 1750 g/mol.